The Kier molecular flexibility index (Phi) is 4.80. The predicted octanol–water partition coefficient (Wildman–Crippen LogP) is 1.37. The van der Waals surface area contributed by atoms with Crippen LogP contribution in [0.2, 0.25) is 0 Å². The summed E-state index contributed by atoms with van der Waals surface area (Å²) < 4.78 is 18.7. The first kappa shape index (κ1) is 17.1. The molecule has 2 N–H and O–H groups in total. The third-order valence-electron chi connectivity index (χ3n) is 4.23. The van der Waals surface area contributed by atoms with Gasteiger partial charge < -0.3 is 19.7 Å². The molecule has 8 heteroatoms. The van der Waals surface area contributed by atoms with Crippen molar-refractivity contribution in [3.8, 4) is 0 Å². The van der Waals surface area contributed by atoms with Gasteiger partial charge in [0.05, 0.1) is 11.1 Å². The summed E-state index contributed by atoms with van der Waals surface area (Å²) in [5.74, 6) is -2.24. The maximum atomic E-state index is 13.4. The molecular formula is C17H17FN2O5. The number of nitrogens with one attached hydrogen (secondary N) is 1. The lowest BCUT2D eigenvalue weighted by molar-refractivity contribution is -0.138. The van der Waals surface area contributed by atoms with Gasteiger partial charge in [0, 0.05) is 30.7 Å². The fraction of sp³-hybridized carbons (Fsp3) is 0.353. The van der Waals surface area contributed by atoms with Gasteiger partial charge in [0.15, 0.2) is 0 Å². The number of aromatic nitrogens is 1. The number of hydrogen-bond acceptors (Lipinski definition) is 4. The molecule has 1 aliphatic rings. The molecule has 1 aliphatic heterocycles. The molecule has 25 heavy (non-hydrogen) atoms. The molecule has 0 unspecified atom stereocenters. The van der Waals surface area contributed by atoms with E-state index in [1.165, 1.54) is 17.0 Å². The van der Waals surface area contributed by atoms with Crippen molar-refractivity contribution in [2.24, 2.45) is 0 Å². The van der Waals surface area contributed by atoms with Gasteiger partial charge in [-0.25, -0.2) is 4.39 Å². The zero-order valence-corrected chi connectivity index (χ0v) is 13.3. The molecule has 2 heterocycles. The van der Waals surface area contributed by atoms with Crippen LogP contribution in [0.25, 0.3) is 10.9 Å². The first-order chi connectivity index (χ1) is 12.0. The number of pyridine rings is 1. The summed E-state index contributed by atoms with van der Waals surface area (Å²) in [7, 11) is 0. The van der Waals surface area contributed by atoms with E-state index < -0.39 is 29.8 Å². The quantitative estimate of drug-likeness (QED) is 0.869. The summed E-state index contributed by atoms with van der Waals surface area (Å²) >= 11 is 0. The van der Waals surface area contributed by atoms with Crippen molar-refractivity contribution in [2.75, 3.05) is 19.8 Å². The Morgan fingerprint density at radius 1 is 1.28 bits per heavy atom. The number of carbonyl (C=O) groups is 2. The Hall–Kier alpha value is -2.74. The molecule has 1 aromatic heterocycles. The molecule has 132 valence electrons. The molecule has 7 nitrogen and oxygen atoms in total. The monoisotopic (exact) mass is 348 g/mol. The Morgan fingerprint density at radius 2 is 2.00 bits per heavy atom. The summed E-state index contributed by atoms with van der Waals surface area (Å²) in [6, 6.07) is 4.55. The van der Waals surface area contributed by atoms with E-state index in [0.29, 0.717) is 31.4 Å². The molecule has 3 rings (SSSR count). The molecule has 1 aromatic carbocycles. The van der Waals surface area contributed by atoms with E-state index >= 15 is 0 Å². The van der Waals surface area contributed by atoms with Crippen molar-refractivity contribution in [1.29, 1.82) is 0 Å². The second-order valence-electron chi connectivity index (χ2n) is 5.91. The number of halogens is 1. The summed E-state index contributed by atoms with van der Waals surface area (Å²) in [6.45, 7) is 0.407. The molecule has 2 aromatic rings. The number of fused-ring (bicyclic) bond motifs is 1. The maximum Gasteiger partial charge on any atom is 0.323 e. The third kappa shape index (κ3) is 3.69. The van der Waals surface area contributed by atoms with Crippen molar-refractivity contribution < 1.29 is 23.8 Å². The van der Waals surface area contributed by atoms with Crippen LogP contribution in [0.3, 0.4) is 0 Å². The van der Waals surface area contributed by atoms with Crippen molar-refractivity contribution >= 4 is 22.8 Å². The lowest BCUT2D eigenvalue weighted by Crippen LogP contribution is -2.46. The topological polar surface area (TPSA) is 99.7 Å². The number of aromatic amines is 1. The van der Waals surface area contributed by atoms with Crippen LogP contribution >= 0.6 is 0 Å². The first-order valence-corrected chi connectivity index (χ1v) is 7.89. The van der Waals surface area contributed by atoms with Crippen molar-refractivity contribution in [2.45, 2.75) is 18.9 Å². The Balaban J connectivity index is 2.05. The van der Waals surface area contributed by atoms with Gasteiger partial charge in [-0.2, -0.15) is 0 Å². The number of hydrogen-bond donors (Lipinski definition) is 2. The van der Waals surface area contributed by atoms with E-state index in [0.717, 1.165) is 12.1 Å². The number of carboxylic acid groups (broad SMARTS) is 1. The minimum Gasteiger partial charge on any atom is -0.480 e. The number of carboxylic acids is 1. The molecule has 1 fully saturated rings. The van der Waals surface area contributed by atoms with Crippen LogP contribution in [0.15, 0.2) is 29.1 Å². The number of amides is 1. The van der Waals surface area contributed by atoms with E-state index in [4.69, 9.17) is 4.74 Å². The molecule has 0 radical (unpaired) electrons. The van der Waals surface area contributed by atoms with E-state index in [1.807, 2.05) is 0 Å². The predicted molar refractivity (Wildman–Crippen MR) is 87.0 cm³/mol. The number of carbonyl (C=O) groups excluding carboxylic acids is 1. The van der Waals surface area contributed by atoms with Gasteiger partial charge in [-0.15, -0.1) is 0 Å². The van der Waals surface area contributed by atoms with Crippen molar-refractivity contribution in [3.05, 3.63) is 46.0 Å². The fourth-order valence-electron chi connectivity index (χ4n) is 3.07. The van der Waals surface area contributed by atoms with Crippen LogP contribution in [0.4, 0.5) is 4.39 Å². The van der Waals surface area contributed by atoms with Crippen LogP contribution < -0.4 is 5.56 Å². The van der Waals surface area contributed by atoms with Gasteiger partial charge in [-0.1, -0.05) is 0 Å². The third-order valence-corrected chi connectivity index (χ3v) is 4.23. The smallest absolute Gasteiger partial charge is 0.323 e. The fourth-order valence-corrected chi connectivity index (χ4v) is 3.07. The van der Waals surface area contributed by atoms with Crippen LogP contribution in [-0.4, -0.2) is 52.7 Å². The average Bonchev–Trinajstić information content (AvgIpc) is 2.58. The largest absolute Gasteiger partial charge is 0.480 e. The second kappa shape index (κ2) is 7.02. The SMILES string of the molecule is O=C(O)CN(C(=O)c1cc(=O)[nH]c2cc(F)ccc12)C1CCOCC1. The summed E-state index contributed by atoms with van der Waals surface area (Å²) in [5, 5.41) is 9.54. The van der Waals surface area contributed by atoms with Crippen LogP contribution in [0.1, 0.15) is 23.2 Å². The van der Waals surface area contributed by atoms with E-state index in [-0.39, 0.29) is 17.1 Å². The van der Waals surface area contributed by atoms with Crippen LogP contribution in [0.5, 0.6) is 0 Å². The highest BCUT2D eigenvalue weighted by Gasteiger charge is 2.29. The average molecular weight is 348 g/mol. The van der Waals surface area contributed by atoms with E-state index in [2.05, 4.69) is 4.98 Å². The summed E-state index contributed by atoms with van der Waals surface area (Å²) in [5.41, 5.74) is -0.298. The normalized spacial score (nSPS) is 15.2. The highest BCUT2D eigenvalue weighted by Crippen LogP contribution is 2.22. The standard InChI is InChI=1S/C17H17FN2O5/c18-10-1-2-12-13(8-15(21)19-14(12)7-10)17(24)20(9-16(22)23)11-3-5-25-6-4-11/h1-2,7-8,11H,3-6,9H2,(H,19,21)(H,22,23). The Bertz CT molecular complexity index is 873. The molecule has 0 atom stereocenters. The molecule has 1 amide bonds. The first-order valence-electron chi connectivity index (χ1n) is 7.89. The van der Waals surface area contributed by atoms with Gasteiger partial charge >= 0.3 is 5.97 Å². The van der Waals surface area contributed by atoms with Gasteiger partial charge in [0.1, 0.15) is 12.4 Å². The summed E-state index contributed by atoms with van der Waals surface area (Å²) in [4.78, 5) is 39.8. The van der Waals surface area contributed by atoms with Gasteiger partial charge in [0.25, 0.3) is 5.91 Å². The number of aliphatic carboxylic acids is 1. The molecule has 0 bridgehead atoms. The van der Waals surface area contributed by atoms with Crippen LogP contribution in [-0.2, 0) is 9.53 Å². The highest BCUT2D eigenvalue weighted by molar-refractivity contribution is 6.06. The number of nitrogens with zero attached hydrogens (tertiary/aromatic N) is 1. The summed E-state index contributed by atoms with van der Waals surface area (Å²) in [6.07, 6.45) is 1.05. The Morgan fingerprint density at radius 3 is 2.68 bits per heavy atom. The highest BCUT2D eigenvalue weighted by atomic mass is 19.1. The number of H-pyrrole nitrogens is 1. The zero-order chi connectivity index (χ0) is 18.0. The zero-order valence-electron chi connectivity index (χ0n) is 13.3. The van der Waals surface area contributed by atoms with E-state index in [1.54, 1.807) is 0 Å². The molecule has 0 aliphatic carbocycles. The molecule has 0 spiro atoms. The lowest BCUT2D eigenvalue weighted by atomic mass is 10.0. The van der Waals surface area contributed by atoms with Gasteiger partial charge in [0.2, 0.25) is 5.56 Å². The van der Waals surface area contributed by atoms with E-state index in [9.17, 15) is 23.9 Å². The minimum absolute atomic E-state index is 0.0616. The second-order valence-corrected chi connectivity index (χ2v) is 5.91. The van der Waals surface area contributed by atoms with Gasteiger partial charge in [-0.05, 0) is 31.0 Å². The maximum absolute atomic E-state index is 13.4. The molecule has 0 saturated carbocycles. The van der Waals surface area contributed by atoms with Gasteiger partial charge in [-0.3, -0.25) is 14.4 Å². The minimum atomic E-state index is -1.14. The molecular weight excluding hydrogens is 331 g/mol. The van der Waals surface area contributed by atoms with Crippen molar-refractivity contribution in [3.63, 3.8) is 0 Å². The molecule has 1 saturated heterocycles. The number of benzene rings is 1. The van der Waals surface area contributed by atoms with Crippen LogP contribution in [0, 0.1) is 5.82 Å². The van der Waals surface area contributed by atoms with Crippen molar-refractivity contribution in [1.82, 2.24) is 9.88 Å². The number of ether oxygens (including phenoxy) is 1. The number of rotatable bonds is 4. The Labute approximate surface area is 142 Å². The lowest BCUT2D eigenvalue weighted by Gasteiger charge is -2.33.